The lowest BCUT2D eigenvalue weighted by Gasteiger charge is -2.20. The third-order valence-corrected chi connectivity index (χ3v) is 2.64. The second-order valence-corrected chi connectivity index (χ2v) is 4.03. The van der Waals surface area contributed by atoms with E-state index in [1.54, 1.807) is 21.1 Å². The Bertz CT molecular complexity index is 379. The van der Waals surface area contributed by atoms with Crippen LogP contribution in [0.2, 0.25) is 0 Å². The predicted molar refractivity (Wildman–Crippen MR) is 92.2 cm³/mol. The maximum Gasteiger partial charge on any atom is 0.293 e. The van der Waals surface area contributed by atoms with E-state index < -0.39 is 0 Å². The highest BCUT2D eigenvalue weighted by Gasteiger charge is 2.02. The number of hydrogen-bond donors (Lipinski definition) is 0. The lowest BCUT2D eigenvalue weighted by atomic mass is 10.2. The van der Waals surface area contributed by atoms with Crippen LogP contribution in [0.4, 0.5) is 5.69 Å². The van der Waals surface area contributed by atoms with Gasteiger partial charge in [-0.1, -0.05) is 0 Å². The fraction of sp³-hybridized carbons (Fsp3) is 0.529. The molecule has 0 saturated heterocycles. The minimum absolute atomic E-state index is 0.431. The zero-order valence-electron chi connectivity index (χ0n) is 14.8. The van der Waals surface area contributed by atoms with Crippen molar-refractivity contribution in [3.63, 3.8) is 0 Å². The fourth-order valence-electron chi connectivity index (χ4n) is 1.37. The van der Waals surface area contributed by atoms with Gasteiger partial charge in [0.2, 0.25) is 0 Å². The quantitative estimate of drug-likeness (QED) is 0.684. The number of benzene rings is 1. The third-order valence-electron chi connectivity index (χ3n) is 2.64. The summed E-state index contributed by atoms with van der Waals surface area (Å²) < 4.78 is 13.7. The smallest absolute Gasteiger partial charge is 0.293 e. The van der Waals surface area contributed by atoms with Crippen molar-refractivity contribution in [1.29, 1.82) is 0 Å². The molecule has 1 aromatic carbocycles. The number of carbonyl (C=O) groups is 2. The molecule has 0 aliphatic carbocycles. The Morgan fingerprint density at radius 2 is 1.57 bits per heavy atom. The van der Waals surface area contributed by atoms with Gasteiger partial charge in [0.15, 0.2) is 0 Å². The standard InChI is InChI=1S/C11H15NO2.C3H6O2.C3H8O/c1-3-12(8-9-13)10-4-6-11(14-2)7-5-10;1-2-5-3-4;1-3-4-2/h4-7,9H,3,8H2,1-2H3;3H,2H2,1H3;3H2,1-2H3. The van der Waals surface area contributed by atoms with Gasteiger partial charge in [0.05, 0.1) is 20.3 Å². The van der Waals surface area contributed by atoms with Crippen LogP contribution in [0.15, 0.2) is 24.3 Å². The summed E-state index contributed by atoms with van der Waals surface area (Å²) >= 11 is 0. The van der Waals surface area contributed by atoms with Crippen molar-refractivity contribution >= 4 is 18.4 Å². The number of carbonyl (C=O) groups excluding carboxylic acids is 2. The van der Waals surface area contributed by atoms with Gasteiger partial charge in [-0.25, -0.2) is 0 Å². The average molecular weight is 327 g/mol. The van der Waals surface area contributed by atoms with E-state index in [2.05, 4.69) is 9.47 Å². The zero-order valence-corrected chi connectivity index (χ0v) is 14.8. The van der Waals surface area contributed by atoms with Gasteiger partial charge in [0.1, 0.15) is 12.0 Å². The molecule has 0 unspecified atom stereocenters. The summed E-state index contributed by atoms with van der Waals surface area (Å²) in [6.07, 6.45) is 0.910. The molecule has 0 fully saturated rings. The first-order valence-electron chi connectivity index (χ1n) is 7.51. The van der Waals surface area contributed by atoms with Crippen LogP contribution in [0.1, 0.15) is 20.8 Å². The Labute approximate surface area is 139 Å². The molecule has 1 aromatic rings. The maximum atomic E-state index is 10.4. The van der Waals surface area contributed by atoms with E-state index in [-0.39, 0.29) is 0 Å². The molecule has 132 valence electrons. The molecule has 6 heteroatoms. The van der Waals surface area contributed by atoms with Crippen LogP contribution < -0.4 is 9.64 Å². The maximum absolute atomic E-state index is 10.4. The third kappa shape index (κ3) is 13.3. The largest absolute Gasteiger partial charge is 0.497 e. The molecular formula is C17H29NO5. The molecule has 0 N–H and O–H groups in total. The van der Waals surface area contributed by atoms with Crippen LogP contribution in [-0.2, 0) is 19.1 Å². The summed E-state index contributed by atoms with van der Waals surface area (Å²) in [5.74, 6) is 0.830. The number of nitrogens with zero attached hydrogens (tertiary/aromatic N) is 1. The molecule has 0 aromatic heterocycles. The van der Waals surface area contributed by atoms with E-state index in [1.807, 2.05) is 43.0 Å². The van der Waals surface area contributed by atoms with Crippen molar-refractivity contribution in [2.24, 2.45) is 0 Å². The summed E-state index contributed by atoms with van der Waals surface area (Å²) in [5.41, 5.74) is 1.04. The number of likely N-dealkylation sites (N-methyl/N-ethyl adjacent to an activating group) is 1. The summed E-state index contributed by atoms with van der Waals surface area (Å²) in [6.45, 7) is 8.72. The molecule has 0 amide bonds. The second kappa shape index (κ2) is 18.0. The van der Waals surface area contributed by atoms with Gasteiger partial charge in [-0.3, -0.25) is 4.79 Å². The van der Waals surface area contributed by atoms with E-state index in [9.17, 15) is 9.59 Å². The Kier molecular flexibility index (Phi) is 18.1. The molecule has 0 aliphatic heterocycles. The van der Waals surface area contributed by atoms with Crippen LogP contribution in [0, 0.1) is 0 Å². The van der Waals surface area contributed by atoms with Gasteiger partial charge < -0.3 is 23.9 Å². The lowest BCUT2D eigenvalue weighted by Crippen LogP contribution is -2.24. The van der Waals surface area contributed by atoms with Gasteiger partial charge in [-0.05, 0) is 45.0 Å². The number of aldehydes is 1. The molecule has 0 radical (unpaired) electrons. The SMILES string of the molecule is CCN(CC=O)c1ccc(OC)cc1.CCOC.CCOC=O. The van der Waals surface area contributed by atoms with Crippen molar-refractivity contribution in [3.05, 3.63) is 24.3 Å². The van der Waals surface area contributed by atoms with Crippen LogP contribution in [-0.4, -0.2) is 53.3 Å². The monoisotopic (exact) mass is 327 g/mol. The Morgan fingerprint density at radius 3 is 1.83 bits per heavy atom. The first-order chi connectivity index (χ1) is 11.1. The topological polar surface area (TPSA) is 65.1 Å². The molecule has 0 spiro atoms. The minimum atomic E-state index is 0.431. The van der Waals surface area contributed by atoms with Crippen molar-refractivity contribution in [1.82, 2.24) is 0 Å². The molecule has 0 saturated carbocycles. The highest BCUT2D eigenvalue weighted by molar-refractivity contribution is 5.61. The second-order valence-electron chi connectivity index (χ2n) is 4.03. The van der Waals surface area contributed by atoms with Gasteiger partial charge in [-0.2, -0.15) is 0 Å². The normalized spacial score (nSPS) is 8.57. The van der Waals surface area contributed by atoms with E-state index >= 15 is 0 Å². The first-order valence-corrected chi connectivity index (χ1v) is 7.51. The fourth-order valence-corrected chi connectivity index (χ4v) is 1.37. The molecular weight excluding hydrogens is 298 g/mol. The van der Waals surface area contributed by atoms with E-state index in [1.165, 1.54) is 0 Å². The van der Waals surface area contributed by atoms with Crippen LogP contribution in [0.25, 0.3) is 0 Å². The van der Waals surface area contributed by atoms with Gasteiger partial charge in [0, 0.05) is 25.9 Å². The van der Waals surface area contributed by atoms with E-state index in [0.29, 0.717) is 19.6 Å². The molecule has 6 nitrogen and oxygen atoms in total. The first kappa shape index (κ1) is 23.2. The predicted octanol–water partition coefficient (Wildman–Crippen LogP) is 2.55. The number of rotatable bonds is 8. The summed E-state index contributed by atoms with van der Waals surface area (Å²) in [4.78, 5) is 21.6. The van der Waals surface area contributed by atoms with E-state index in [4.69, 9.17) is 4.74 Å². The summed E-state index contributed by atoms with van der Waals surface area (Å²) in [6, 6.07) is 7.68. The van der Waals surface area contributed by atoms with Crippen molar-refractivity contribution in [2.45, 2.75) is 20.8 Å². The highest BCUT2D eigenvalue weighted by atomic mass is 16.5. The number of methoxy groups -OCH3 is 2. The van der Waals surface area contributed by atoms with Gasteiger partial charge >= 0.3 is 0 Å². The number of anilines is 1. The lowest BCUT2D eigenvalue weighted by molar-refractivity contribution is -0.128. The molecule has 0 atom stereocenters. The average Bonchev–Trinajstić information content (AvgIpc) is 2.61. The Morgan fingerprint density at radius 1 is 1.00 bits per heavy atom. The highest BCUT2D eigenvalue weighted by Crippen LogP contribution is 2.18. The zero-order chi connectivity index (χ0) is 17.9. The van der Waals surface area contributed by atoms with Crippen LogP contribution >= 0.6 is 0 Å². The summed E-state index contributed by atoms with van der Waals surface area (Å²) in [7, 11) is 3.32. The molecule has 23 heavy (non-hydrogen) atoms. The van der Waals surface area contributed by atoms with Gasteiger partial charge in [0.25, 0.3) is 6.47 Å². The number of hydrogen-bond acceptors (Lipinski definition) is 6. The minimum Gasteiger partial charge on any atom is -0.497 e. The molecule has 0 bridgehead atoms. The van der Waals surface area contributed by atoms with Crippen molar-refractivity contribution in [2.75, 3.05) is 45.4 Å². The van der Waals surface area contributed by atoms with Gasteiger partial charge in [-0.15, -0.1) is 0 Å². The molecule has 0 heterocycles. The Balaban J connectivity index is 0. The Hall–Kier alpha value is -2.08. The molecule has 0 aliphatic rings. The molecule has 1 rings (SSSR count). The van der Waals surface area contributed by atoms with E-state index in [0.717, 1.165) is 30.9 Å². The number of ether oxygens (including phenoxy) is 3. The van der Waals surface area contributed by atoms with Crippen molar-refractivity contribution < 1.29 is 23.8 Å². The van der Waals surface area contributed by atoms with Crippen molar-refractivity contribution in [3.8, 4) is 5.75 Å². The summed E-state index contributed by atoms with van der Waals surface area (Å²) in [5, 5.41) is 0. The van der Waals surface area contributed by atoms with Crippen LogP contribution in [0.5, 0.6) is 5.75 Å². The van der Waals surface area contributed by atoms with Crippen LogP contribution in [0.3, 0.4) is 0 Å².